The molecule has 2 heterocycles. The van der Waals surface area contributed by atoms with Crippen LogP contribution in [0.3, 0.4) is 0 Å². The topological polar surface area (TPSA) is 71.3 Å². The van der Waals surface area contributed by atoms with E-state index < -0.39 is 4.92 Å². The fourth-order valence-corrected chi connectivity index (χ4v) is 3.05. The van der Waals surface area contributed by atoms with Gasteiger partial charge in [0.2, 0.25) is 0 Å². The zero-order chi connectivity index (χ0) is 14.5. The van der Waals surface area contributed by atoms with Crippen molar-refractivity contribution in [2.75, 3.05) is 24.5 Å². The van der Waals surface area contributed by atoms with Gasteiger partial charge in [0.15, 0.2) is 0 Å². The van der Waals surface area contributed by atoms with Crippen molar-refractivity contribution in [1.82, 2.24) is 10.3 Å². The lowest BCUT2D eigenvalue weighted by molar-refractivity contribution is -0.385. The summed E-state index contributed by atoms with van der Waals surface area (Å²) in [5, 5.41) is 14.3. The molecule has 20 heavy (non-hydrogen) atoms. The van der Waals surface area contributed by atoms with Crippen LogP contribution >= 0.6 is 15.9 Å². The highest BCUT2D eigenvalue weighted by Crippen LogP contribution is 2.28. The van der Waals surface area contributed by atoms with Crippen molar-refractivity contribution >= 4 is 27.4 Å². The van der Waals surface area contributed by atoms with Gasteiger partial charge >= 0.3 is 0 Å². The van der Waals surface area contributed by atoms with Crippen molar-refractivity contribution in [3.8, 4) is 0 Å². The Bertz CT molecular complexity index is 477. The molecule has 6 nitrogen and oxygen atoms in total. The van der Waals surface area contributed by atoms with Crippen molar-refractivity contribution in [3.63, 3.8) is 0 Å². The fraction of sp³-hybridized carbons (Fsp3) is 0.615. The van der Waals surface area contributed by atoms with Gasteiger partial charge in [0.1, 0.15) is 12.0 Å². The van der Waals surface area contributed by atoms with E-state index >= 15 is 0 Å². The van der Waals surface area contributed by atoms with Crippen molar-refractivity contribution in [2.45, 2.75) is 32.2 Å². The van der Waals surface area contributed by atoms with Gasteiger partial charge in [-0.05, 0) is 42.2 Å². The number of pyridine rings is 1. The summed E-state index contributed by atoms with van der Waals surface area (Å²) in [6.45, 7) is 4.83. The van der Waals surface area contributed by atoms with Crippen LogP contribution < -0.4 is 10.2 Å². The molecule has 1 aliphatic heterocycles. The SMILES string of the molecule is CCN(CC1CCCCN1)c1ncc([N+](=O)[O-])cc1Br. The summed E-state index contributed by atoms with van der Waals surface area (Å²) in [5.74, 6) is 0.769. The van der Waals surface area contributed by atoms with Gasteiger partial charge in [0, 0.05) is 25.2 Å². The molecule has 1 aromatic rings. The Kier molecular flexibility index (Phi) is 5.31. The maximum absolute atomic E-state index is 10.7. The summed E-state index contributed by atoms with van der Waals surface area (Å²) in [5.41, 5.74) is 0.00692. The highest BCUT2D eigenvalue weighted by Gasteiger charge is 2.19. The van der Waals surface area contributed by atoms with Crippen molar-refractivity contribution in [3.05, 3.63) is 26.9 Å². The second-order valence-corrected chi connectivity index (χ2v) is 5.80. The first-order valence-electron chi connectivity index (χ1n) is 6.90. The number of anilines is 1. The molecule has 0 spiro atoms. The lowest BCUT2D eigenvalue weighted by Gasteiger charge is -2.31. The predicted octanol–water partition coefficient (Wildman–Crippen LogP) is 2.72. The smallest absolute Gasteiger partial charge is 0.288 e. The molecule has 1 N–H and O–H groups in total. The zero-order valence-electron chi connectivity index (χ0n) is 11.5. The van der Waals surface area contributed by atoms with E-state index in [2.05, 4.69) is 38.1 Å². The van der Waals surface area contributed by atoms with Crippen LogP contribution in [0.15, 0.2) is 16.7 Å². The van der Waals surface area contributed by atoms with E-state index in [4.69, 9.17) is 0 Å². The molecule has 1 aromatic heterocycles. The molecule has 0 aromatic carbocycles. The molecule has 1 aliphatic rings. The minimum absolute atomic E-state index is 0.00692. The van der Waals surface area contributed by atoms with Crippen LogP contribution in [0.2, 0.25) is 0 Å². The number of hydrogen-bond donors (Lipinski definition) is 1. The minimum Gasteiger partial charge on any atom is -0.354 e. The molecule has 2 rings (SSSR count). The Morgan fingerprint density at radius 1 is 1.60 bits per heavy atom. The molecular formula is C13H19BrN4O2. The highest BCUT2D eigenvalue weighted by atomic mass is 79.9. The Balaban J connectivity index is 2.12. The van der Waals surface area contributed by atoms with Gasteiger partial charge in [0.25, 0.3) is 5.69 Å². The van der Waals surface area contributed by atoms with E-state index in [1.165, 1.54) is 31.5 Å². The molecule has 1 fully saturated rings. The van der Waals surface area contributed by atoms with Gasteiger partial charge in [-0.25, -0.2) is 4.98 Å². The summed E-state index contributed by atoms with van der Waals surface area (Å²) in [7, 11) is 0. The summed E-state index contributed by atoms with van der Waals surface area (Å²) in [4.78, 5) is 16.7. The van der Waals surface area contributed by atoms with Crippen molar-refractivity contribution in [1.29, 1.82) is 0 Å². The lowest BCUT2D eigenvalue weighted by Crippen LogP contribution is -2.44. The van der Waals surface area contributed by atoms with Crippen molar-refractivity contribution in [2.24, 2.45) is 0 Å². The lowest BCUT2D eigenvalue weighted by atomic mass is 10.0. The normalized spacial score (nSPS) is 18.8. The van der Waals surface area contributed by atoms with Gasteiger partial charge < -0.3 is 10.2 Å². The molecule has 1 unspecified atom stereocenters. The van der Waals surface area contributed by atoms with Gasteiger partial charge in [-0.2, -0.15) is 0 Å². The molecular weight excluding hydrogens is 324 g/mol. The summed E-state index contributed by atoms with van der Waals surface area (Å²) in [6, 6.07) is 1.98. The van der Waals surface area contributed by atoms with E-state index in [0.717, 1.165) is 25.5 Å². The third kappa shape index (κ3) is 3.67. The molecule has 0 aliphatic carbocycles. The van der Waals surface area contributed by atoms with E-state index in [-0.39, 0.29) is 5.69 Å². The van der Waals surface area contributed by atoms with Gasteiger partial charge in [0.05, 0.1) is 9.40 Å². The Labute approximate surface area is 126 Å². The standard InChI is InChI=1S/C13H19BrN4O2/c1-2-17(9-10-5-3-4-6-15-10)13-12(14)7-11(8-16-13)18(19)20/h7-8,10,15H,2-6,9H2,1H3. The number of nitrogens with one attached hydrogen (secondary N) is 1. The summed E-state index contributed by atoms with van der Waals surface area (Å²) in [6.07, 6.45) is 4.98. The van der Waals surface area contributed by atoms with Crippen LogP contribution in [0.4, 0.5) is 11.5 Å². The Morgan fingerprint density at radius 3 is 2.95 bits per heavy atom. The molecule has 0 amide bonds. The van der Waals surface area contributed by atoms with Gasteiger partial charge in [-0.15, -0.1) is 0 Å². The Morgan fingerprint density at radius 2 is 2.40 bits per heavy atom. The van der Waals surface area contributed by atoms with Crippen LogP contribution in [0.25, 0.3) is 0 Å². The number of rotatable bonds is 5. The molecule has 0 bridgehead atoms. The maximum Gasteiger partial charge on any atom is 0.288 e. The van der Waals surface area contributed by atoms with Gasteiger partial charge in [-0.3, -0.25) is 10.1 Å². The minimum atomic E-state index is -0.430. The molecule has 110 valence electrons. The van der Waals surface area contributed by atoms with E-state index in [1.54, 1.807) is 0 Å². The summed E-state index contributed by atoms with van der Waals surface area (Å²) < 4.78 is 0.671. The maximum atomic E-state index is 10.7. The average Bonchev–Trinajstić information content (AvgIpc) is 2.46. The fourth-order valence-electron chi connectivity index (χ4n) is 2.46. The number of piperidine rings is 1. The second-order valence-electron chi connectivity index (χ2n) is 4.94. The van der Waals surface area contributed by atoms with Crippen LogP contribution in [-0.2, 0) is 0 Å². The number of hydrogen-bond acceptors (Lipinski definition) is 5. The van der Waals surface area contributed by atoms with E-state index in [0.29, 0.717) is 10.5 Å². The second kappa shape index (κ2) is 6.99. The number of aromatic nitrogens is 1. The average molecular weight is 343 g/mol. The number of nitro groups is 1. The quantitative estimate of drug-likeness (QED) is 0.657. The van der Waals surface area contributed by atoms with Crippen LogP contribution in [0.5, 0.6) is 0 Å². The number of halogens is 1. The first kappa shape index (κ1) is 15.2. The summed E-state index contributed by atoms with van der Waals surface area (Å²) >= 11 is 3.39. The predicted molar refractivity (Wildman–Crippen MR) is 82.1 cm³/mol. The number of nitrogens with zero attached hydrogens (tertiary/aromatic N) is 3. The molecule has 0 saturated carbocycles. The van der Waals surface area contributed by atoms with Crippen LogP contribution in [-0.4, -0.2) is 35.6 Å². The van der Waals surface area contributed by atoms with Gasteiger partial charge in [-0.1, -0.05) is 6.42 Å². The van der Waals surface area contributed by atoms with Crippen molar-refractivity contribution < 1.29 is 4.92 Å². The van der Waals surface area contributed by atoms with E-state index in [9.17, 15) is 10.1 Å². The third-order valence-corrected chi connectivity index (χ3v) is 4.14. The largest absolute Gasteiger partial charge is 0.354 e. The number of likely N-dealkylation sites (N-methyl/N-ethyl adjacent to an activating group) is 1. The highest BCUT2D eigenvalue weighted by molar-refractivity contribution is 9.10. The van der Waals surface area contributed by atoms with Crippen LogP contribution in [0.1, 0.15) is 26.2 Å². The van der Waals surface area contributed by atoms with Crippen LogP contribution in [0, 0.1) is 10.1 Å². The molecule has 1 saturated heterocycles. The Hall–Kier alpha value is -1.21. The first-order chi connectivity index (χ1) is 9.61. The van der Waals surface area contributed by atoms with E-state index in [1.807, 2.05) is 0 Å². The monoisotopic (exact) mass is 342 g/mol. The first-order valence-corrected chi connectivity index (χ1v) is 7.69. The zero-order valence-corrected chi connectivity index (χ0v) is 13.1. The third-order valence-electron chi connectivity index (χ3n) is 3.55. The molecule has 0 radical (unpaired) electrons. The molecule has 7 heteroatoms. The molecule has 1 atom stereocenters.